The zero-order valence-corrected chi connectivity index (χ0v) is 17.5. The molecule has 5 heteroatoms. The first-order valence-electron chi connectivity index (χ1n) is 9.48. The Balaban J connectivity index is 1.63. The Hall–Kier alpha value is -2.89. The Bertz CT molecular complexity index is 990. The number of hydrazine groups is 1. The number of carbonyl (C=O) groups excluding carboxylic acids is 1. The number of nitrogens with one attached hydrogen (secondary N) is 1. The van der Waals surface area contributed by atoms with Crippen LogP contribution in [0.25, 0.3) is 5.70 Å². The van der Waals surface area contributed by atoms with Crippen LogP contribution in [-0.4, -0.2) is 22.4 Å². The molecule has 0 unspecified atom stereocenters. The summed E-state index contributed by atoms with van der Waals surface area (Å²) in [6.07, 6.45) is -0.226. The summed E-state index contributed by atoms with van der Waals surface area (Å²) in [4.78, 5) is 15.1. The van der Waals surface area contributed by atoms with Gasteiger partial charge in [0.25, 0.3) is 5.91 Å². The number of rotatable bonds is 6. The van der Waals surface area contributed by atoms with E-state index in [2.05, 4.69) is 45.0 Å². The lowest BCUT2D eigenvalue weighted by atomic mass is 10.1. The molecule has 0 radical (unpaired) electrons. The van der Waals surface area contributed by atoms with Crippen LogP contribution in [0.4, 0.5) is 0 Å². The van der Waals surface area contributed by atoms with E-state index in [4.69, 9.17) is 0 Å². The molecule has 146 valence electrons. The van der Waals surface area contributed by atoms with Crippen molar-refractivity contribution in [1.82, 2.24) is 15.3 Å². The number of benzene rings is 3. The van der Waals surface area contributed by atoms with Crippen molar-refractivity contribution in [3.63, 3.8) is 0 Å². The molecule has 0 saturated carbocycles. The number of halogens is 1. The summed E-state index contributed by atoms with van der Waals surface area (Å²) in [5, 5.41) is 1.70. The molecular formula is C24H22BrN3O. The third kappa shape index (κ3) is 4.42. The van der Waals surface area contributed by atoms with Crippen molar-refractivity contribution >= 4 is 27.5 Å². The summed E-state index contributed by atoms with van der Waals surface area (Å²) in [5.74, 6) is 0.0194. The second kappa shape index (κ2) is 8.64. The van der Waals surface area contributed by atoms with Gasteiger partial charge in [0.15, 0.2) is 0 Å². The summed E-state index contributed by atoms with van der Waals surface area (Å²) in [6, 6.07) is 28.2. The average Bonchev–Trinajstić information content (AvgIpc) is 3.04. The van der Waals surface area contributed by atoms with Gasteiger partial charge in [-0.1, -0.05) is 95.3 Å². The highest BCUT2D eigenvalue weighted by Crippen LogP contribution is 2.32. The Morgan fingerprint density at radius 2 is 1.59 bits per heavy atom. The molecule has 1 saturated heterocycles. The van der Waals surface area contributed by atoms with Crippen molar-refractivity contribution < 1.29 is 4.79 Å². The highest BCUT2D eigenvalue weighted by Gasteiger charge is 2.39. The SMILES string of the molecule is C=C(NN1C(=O)CN(Cc2ccccc2)[C@H]1c1ccc(Br)cc1)c1ccccc1. The standard InChI is InChI=1S/C24H22BrN3O/c1-18(20-10-6-3-7-11-20)26-28-23(29)17-27(16-19-8-4-2-5-9-19)24(28)21-12-14-22(25)15-13-21/h2-15,24,26H,1,16-17H2/t24-/m1/s1. The lowest BCUT2D eigenvalue weighted by molar-refractivity contribution is -0.130. The Morgan fingerprint density at radius 3 is 2.24 bits per heavy atom. The first-order chi connectivity index (χ1) is 14.1. The van der Waals surface area contributed by atoms with Gasteiger partial charge in [-0.3, -0.25) is 15.1 Å². The van der Waals surface area contributed by atoms with Gasteiger partial charge in [0, 0.05) is 11.0 Å². The van der Waals surface area contributed by atoms with Crippen LogP contribution in [0.1, 0.15) is 22.9 Å². The molecule has 0 bridgehead atoms. The van der Waals surface area contributed by atoms with Crippen LogP contribution in [0, 0.1) is 0 Å². The van der Waals surface area contributed by atoms with Crippen molar-refractivity contribution in [3.05, 3.63) is 113 Å². The van der Waals surface area contributed by atoms with Gasteiger partial charge in [0.05, 0.1) is 12.2 Å². The van der Waals surface area contributed by atoms with Crippen LogP contribution in [0.2, 0.25) is 0 Å². The molecule has 1 fully saturated rings. The van der Waals surface area contributed by atoms with Gasteiger partial charge in [-0.05, 0) is 28.8 Å². The van der Waals surface area contributed by atoms with E-state index in [9.17, 15) is 4.79 Å². The molecular weight excluding hydrogens is 426 g/mol. The molecule has 4 nitrogen and oxygen atoms in total. The van der Waals surface area contributed by atoms with Crippen LogP contribution < -0.4 is 5.43 Å². The van der Waals surface area contributed by atoms with Gasteiger partial charge in [-0.25, -0.2) is 5.01 Å². The van der Waals surface area contributed by atoms with Crippen LogP contribution >= 0.6 is 15.9 Å². The van der Waals surface area contributed by atoms with Gasteiger partial charge in [-0.15, -0.1) is 0 Å². The quantitative estimate of drug-likeness (QED) is 0.579. The predicted octanol–water partition coefficient (Wildman–Crippen LogP) is 4.97. The van der Waals surface area contributed by atoms with Gasteiger partial charge in [0.2, 0.25) is 0 Å². The fraction of sp³-hybridized carbons (Fsp3) is 0.125. The summed E-state index contributed by atoms with van der Waals surface area (Å²) in [5.41, 5.74) is 7.13. The predicted molar refractivity (Wildman–Crippen MR) is 119 cm³/mol. The zero-order valence-electron chi connectivity index (χ0n) is 16.0. The zero-order chi connectivity index (χ0) is 20.2. The van der Waals surface area contributed by atoms with Gasteiger partial charge in [-0.2, -0.15) is 0 Å². The minimum absolute atomic E-state index is 0.0194. The van der Waals surface area contributed by atoms with Crippen molar-refractivity contribution in [2.24, 2.45) is 0 Å². The normalized spacial score (nSPS) is 16.8. The molecule has 0 spiro atoms. The summed E-state index contributed by atoms with van der Waals surface area (Å²) in [7, 11) is 0. The molecule has 3 aromatic rings. The number of hydrogen-bond acceptors (Lipinski definition) is 3. The van der Waals surface area contributed by atoms with Crippen LogP contribution in [-0.2, 0) is 11.3 Å². The molecule has 1 aliphatic rings. The highest BCUT2D eigenvalue weighted by molar-refractivity contribution is 9.10. The van der Waals surface area contributed by atoms with Crippen LogP contribution in [0.15, 0.2) is 96.0 Å². The van der Waals surface area contributed by atoms with E-state index >= 15 is 0 Å². The van der Waals surface area contributed by atoms with E-state index in [1.54, 1.807) is 5.01 Å². The van der Waals surface area contributed by atoms with Crippen LogP contribution in [0.5, 0.6) is 0 Å². The Kier molecular flexibility index (Phi) is 5.79. The van der Waals surface area contributed by atoms with Gasteiger partial charge < -0.3 is 0 Å². The first-order valence-corrected chi connectivity index (χ1v) is 10.3. The highest BCUT2D eigenvalue weighted by atomic mass is 79.9. The largest absolute Gasteiger partial charge is 0.294 e. The number of hydrogen-bond donors (Lipinski definition) is 1. The number of carbonyl (C=O) groups is 1. The molecule has 0 aliphatic carbocycles. The van der Waals surface area contributed by atoms with E-state index in [1.165, 1.54) is 5.56 Å². The molecule has 0 aromatic heterocycles. The number of nitrogens with zero attached hydrogens (tertiary/aromatic N) is 2. The second-order valence-corrected chi connectivity index (χ2v) is 7.95. The van der Waals surface area contributed by atoms with E-state index in [0.717, 1.165) is 15.6 Å². The fourth-order valence-electron chi connectivity index (χ4n) is 3.56. The topological polar surface area (TPSA) is 35.6 Å². The minimum atomic E-state index is -0.226. The average molecular weight is 448 g/mol. The van der Waals surface area contributed by atoms with E-state index in [1.807, 2.05) is 72.8 Å². The van der Waals surface area contributed by atoms with Crippen molar-refractivity contribution in [3.8, 4) is 0 Å². The molecule has 1 N–H and O–H groups in total. The third-order valence-electron chi connectivity index (χ3n) is 4.97. The molecule has 4 rings (SSSR count). The lowest BCUT2D eigenvalue weighted by Gasteiger charge is -2.31. The monoisotopic (exact) mass is 447 g/mol. The molecule has 3 aromatic carbocycles. The van der Waals surface area contributed by atoms with Crippen molar-refractivity contribution in [2.45, 2.75) is 12.7 Å². The smallest absolute Gasteiger partial charge is 0.257 e. The first kappa shape index (κ1) is 19.4. The third-order valence-corrected chi connectivity index (χ3v) is 5.50. The molecule has 1 atom stereocenters. The molecule has 1 amide bonds. The molecule has 1 aliphatic heterocycles. The Labute approximate surface area is 179 Å². The maximum Gasteiger partial charge on any atom is 0.257 e. The summed E-state index contributed by atoms with van der Waals surface area (Å²) >= 11 is 3.50. The Morgan fingerprint density at radius 1 is 0.966 bits per heavy atom. The maximum absolute atomic E-state index is 13.0. The fourth-order valence-corrected chi connectivity index (χ4v) is 3.83. The second-order valence-electron chi connectivity index (χ2n) is 7.04. The molecule has 1 heterocycles. The lowest BCUT2D eigenvalue weighted by Crippen LogP contribution is -2.41. The number of amides is 1. The molecule has 29 heavy (non-hydrogen) atoms. The van der Waals surface area contributed by atoms with Gasteiger partial charge in [0.1, 0.15) is 6.17 Å². The summed E-state index contributed by atoms with van der Waals surface area (Å²) in [6.45, 7) is 5.16. The van der Waals surface area contributed by atoms with Crippen molar-refractivity contribution in [2.75, 3.05) is 6.54 Å². The van der Waals surface area contributed by atoms with Crippen LogP contribution in [0.3, 0.4) is 0 Å². The van der Waals surface area contributed by atoms with E-state index < -0.39 is 0 Å². The van der Waals surface area contributed by atoms with E-state index in [-0.39, 0.29) is 12.1 Å². The summed E-state index contributed by atoms with van der Waals surface area (Å²) < 4.78 is 1.01. The maximum atomic E-state index is 13.0. The van der Waals surface area contributed by atoms with Gasteiger partial charge >= 0.3 is 0 Å². The van der Waals surface area contributed by atoms with Crippen molar-refractivity contribution in [1.29, 1.82) is 0 Å². The van der Waals surface area contributed by atoms with E-state index in [0.29, 0.717) is 18.8 Å². The minimum Gasteiger partial charge on any atom is -0.294 e.